The van der Waals surface area contributed by atoms with Crippen LogP contribution in [-0.4, -0.2) is 28.0 Å². The molecule has 3 rings (SSSR count). The van der Waals surface area contributed by atoms with E-state index in [2.05, 4.69) is 26.1 Å². The van der Waals surface area contributed by atoms with Crippen LogP contribution in [0, 0.1) is 12.7 Å². The van der Waals surface area contributed by atoms with Gasteiger partial charge in [-0.25, -0.2) is 9.37 Å². The molecular formula is C19H19BrFN3O2. The van der Waals surface area contributed by atoms with E-state index in [4.69, 9.17) is 4.52 Å². The van der Waals surface area contributed by atoms with Crippen molar-refractivity contribution in [3.8, 4) is 0 Å². The molecule has 1 aromatic carbocycles. The second-order valence-corrected chi connectivity index (χ2v) is 7.51. The van der Waals surface area contributed by atoms with Gasteiger partial charge in [0.05, 0.1) is 16.6 Å². The Hall–Kier alpha value is -2.28. The number of hydrogen-bond donors (Lipinski definition) is 0. The molecule has 0 aliphatic carbocycles. The van der Waals surface area contributed by atoms with Crippen molar-refractivity contribution in [2.75, 3.05) is 7.05 Å². The van der Waals surface area contributed by atoms with E-state index in [0.717, 1.165) is 10.2 Å². The Balaban J connectivity index is 2.00. The number of amides is 1. The van der Waals surface area contributed by atoms with E-state index in [9.17, 15) is 9.18 Å². The summed E-state index contributed by atoms with van der Waals surface area (Å²) in [5, 5.41) is 4.53. The monoisotopic (exact) mass is 419 g/mol. The normalized spacial score (nSPS) is 11.3. The standard InChI is InChI=1S/C19H19BrFN3O2/c1-10(2)16-8-14(17-11(3)23-26-18(17)22-16)19(25)24(4)9-12-7-13(20)5-6-15(12)21/h5-8,10H,9H2,1-4H3. The molecular weight excluding hydrogens is 401 g/mol. The number of benzene rings is 1. The van der Waals surface area contributed by atoms with Gasteiger partial charge in [-0.2, -0.15) is 0 Å². The van der Waals surface area contributed by atoms with Crippen molar-refractivity contribution in [3.63, 3.8) is 0 Å². The first kappa shape index (κ1) is 18.5. The number of carbonyl (C=O) groups excluding carboxylic acids is 1. The number of pyridine rings is 1. The Morgan fingerprint density at radius 3 is 2.77 bits per heavy atom. The summed E-state index contributed by atoms with van der Waals surface area (Å²) in [7, 11) is 1.65. The number of hydrogen-bond acceptors (Lipinski definition) is 4. The number of fused-ring (bicyclic) bond motifs is 1. The Morgan fingerprint density at radius 1 is 1.35 bits per heavy atom. The minimum Gasteiger partial charge on any atom is -0.337 e. The third-order valence-corrected chi connectivity index (χ3v) is 4.71. The molecule has 5 nitrogen and oxygen atoms in total. The lowest BCUT2D eigenvalue weighted by Crippen LogP contribution is -2.27. The lowest BCUT2D eigenvalue weighted by Gasteiger charge is -2.19. The number of aromatic nitrogens is 2. The zero-order valence-electron chi connectivity index (χ0n) is 15.0. The second kappa shape index (κ2) is 7.15. The van der Waals surface area contributed by atoms with Crippen LogP contribution in [0.1, 0.15) is 47.1 Å². The summed E-state index contributed by atoms with van der Waals surface area (Å²) in [5.74, 6) is -0.453. The quantitative estimate of drug-likeness (QED) is 0.607. The smallest absolute Gasteiger partial charge is 0.259 e. The van der Waals surface area contributed by atoms with Gasteiger partial charge in [-0.15, -0.1) is 0 Å². The van der Waals surface area contributed by atoms with Crippen LogP contribution in [-0.2, 0) is 6.54 Å². The average Bonchev–Trinajstić information content (AvgIpc) is 2.98. The first-order chi connectivity index (χ1) is 12.3. The van der Waals surface area contributed by atoms with E-state index in [0.29, 0.717) is 27.9 Å². The summed E-state index contributed by atoms with van der Waals surface area (Å²) in [6, 6.07) is 6.45. The molecule has 1 amide bonds. The first-order valence-electron chi connectivity index (χ1n) is 8.24. The predicted octanol–water partition coefficient (Wildman–Crippen LogP) is 4.83. The fourth-order valence-electron chi connectivity index (χ4n) is 2.78. The summed E-state index contributed by atoms with van der Waals surface area (Å²) in [6.45, 7) is 5.90. The molecule has 26 heavy (non-hydrogen) atoms. The Kier molecular flexibility index (Phi) is 5.09. The summed E-state index contributed by atoms with van der Waals surface area (Å²) in [6.07, 6.45) is 0. The van der Waals surface area contributed by atoms with Crippen molar-refractivity contribution in [2.24, 2.45) is 0 Å². The van der Waals surface area contributed by atoms with Crippen LogP contribution in [0.3, 0.4) is 0 Å². The van der Waals surface area contributed by atoms with Crippen LogP contribution in [0.25, 0.3) is 11.1 Å². The molecule has 0 aliphatic rings. The molecule has 0 saturated heterocycles. The third kappa shape index (κ3) is 3.49. The summed E-state index contributed by atoms with van der Waals surface area (Å²) >= 11 is 3.33. The second-order valence-electron chi connectivity index (χ2n) is 6.59. The molecule has 0 aliphatic heterocycles. The van der Waals surface area contributed by atoms with Crippen LogP contribution in [0.15, 0.2) is 33.3 Å². The van der Waals surface area contributed by atoms with Crippen LogP contribution in [0.4, 0.5) is 4.39 Å². The summed E-state index contributed by atoms with van der Waals surface area (Å²) in [5.41, 5.74) is 2.60. The van der Waals surface area contributed by atoms with E-state index < -0.39 is 0 Å². The average molecular weight is 420 g/mol. The maximum absolute atomic E-state index is 14.0. The third-order valence-electron chi connectivity index (χ3n) is 4.22. The molecule has 0 bridgehead atoms. The van der Waals surface area contributed by atoms with E-state index in [1.54, 1.807) is 32.2 Å². The number of aryl methyl sites for hydroxylation is 1. The molecule has 0 saturated carbocycles. The van der Waals surface area contributed by atoms with Gasteiger partial charge in [-0.3, -0.25) is 4.79 Å². The van der Waals surface area contributed by atoms with Crippen LogP contribution in [0.5, 0.6) is 0 Å². The minimum atomic E-state index is -0.350. The van der Waals surface area contributed by atoms with Crippen molar-refractivity contribution < 1.29 is 13.7 Å². The van der Waals surface area contributed by atoms with Gasteiger partial charge in [0.15, 0.2) is 0 Å². The number of carbonyl (C=O) groups is 1. The van der Waals surface area contributed by atoms with Gasteiger partial charge in [-0.1, -0.05) is 34.9 Å². The topological polar surface area (TPSA) is 59.2 Å². The first-order valence-corrected chi connectivity index (χ1v) is 9.03. The SMILES string of the molecule is Cc1noc2nc(C(C)C)cc(C(=O)N(C)Cc3cc(Br)ccc3F)c12. The molecule has 136 valence electrons. The molecule has 0 unspecified atom stereocenters. The molecule has 0 atom stereocenters. The van der Waals surface area contributed by atoms with E-state index in [1.807, 2.05) is 13.8 Å². The maximum atomic E-state index is 14.0. The molecule has 0 N–H and O–H groups in total. The van der Waals surface area contributed by atoms with Crippen LogP contribution in [0.2, 0.25) is 0 Å². The van der Waals surface area contributed by atoms with Crippen molar-refractivity contribution >= 4 is 32.9 Å². The predicted molar refractivity (Wildman–Crippen MR) is 101 cm³/mol. The molecule has 0 fully saturated rings. The van der Waals surface area contributed by atoms with E-state index >= 15 is 0 Å². The van der Waals surface area contributed by atoms with E-state index in [1.165, 1.54) is 11.0 Å². The fourth-order valence-corrected chi connectivity index (χ4v) is 3.18. The van der Waals surface area contributed by atoms with Gasteiger partial charge < -0.3 is 9.42 Å². The van der Waals surface area contributed by atoms with Gasteiger partial charge in [0.25, 0.3) is 11.6 Å². The van der Waals surface area contributed by atoms with Crippen LogP contribution >= 0.6 is 15.9 Å². The molecule has 0 spiro atoms. The van der Waals surface area contributed by atoms with Gasteiger partial charge in [0.2, 0.25) is 0 Å². The summed E-state index contributed by atoms with van der Waals surface area (Å²) in [4.78, 5) is 19.0. The van der Waals surface area contributed by atoms with E-state index in [-0.39, 0.29) is 24.2 Å². The number of rotatable bonds is 4. The molecule has 3 aromatic rings. The Morgan fingerprint density at radius 2 is 2.08 bits per heavy atom. The van der Waals surface area contributed by atoms with Gasteiger partial charge in [0, 0.05) is 29.3 Å². The van der Waals surface area contributed by atoms with Crippen LogP contribution < -0.4 is 0 Å². The molecule has 7 heteroatoms. The Bertz CT molecular complexity index is 984. The lowest BCUT2D eigenvalue weighted by molar-refractivity contribution is 0.0785. The number of halogens is 2. The zero-order chi connectivity index (χ0) is 19.0. The van der Waals surface area contributed by atoms with Crippen molar-refractivity contribution in [1.29, 1.82) is 0 Å². The minimum absolute atomic E-state index is 0.129. The van der Waals surface area contributed by atoms with Crippen molar-refractivity contribution in [1.82, 2.24) is 15.0 Å². The highest BCUT2D eigenvalue weighted by molar-refractivity contribution is 9.10. The van der Waals surface area contributed by atoms with Gasteiger partial charge >= 0.3 is 0 Å². The van der Waals surface area contributed by atoms with Crippen molar-refractivity contribution in [2.45, 2.75) is 33.2 Å². The molecule has 0 radical (unpaired) electrons. The van der Waals surface area contributed by atoms with Gasteiger partial charge in [0.1, 0.15) is 5.82 Å². The largest absolute Gasteiger partial charge is 0.337 e. The van der Waals surface area contributed by atoms with Gasteiger partial charge in [-0.05, 0) is 37.1 Å². The zero-order valence-corrected chi connectivity index (χ0v) is 16.6. The maximum Gasteiger partial charge on any atom is 0.259 e. The molecule has 2 heterocycles. The fraction of sp³-hybridized carbons (Fsp3) is 0.316. The summed E-state index contributed by atoms with van der Waals surface area (Å²) < 4.78 is 20.1. The Labute approximate surface area is 159 Å². The highest BCUT2D eigenvalue weighted by Crippen LogP contribution is 2.26. The highest BCUT2D eigenvalue weighted by Gasteiger charge is 2.22. The highest BCUT2D eigenvalue weighted by atomic mass is 79.9. The van der Waals surface area contributed by atoms with Crippen molar-refractivity contribution in [3.05, 3.63) is 57.1 Å². The lowest BCUT2D eigenvalue weighted by atomic mass is 10.0. The number of nitrogens with zero attached hydrogens (tertiary/aromatic N) is 3. The molecule has 2 aromatic heterocycles.